The molecule has 0 aliphatic rings. The van der Waals surface area contributed by atoms with Crippen LogP contribution in [0.4, 0.5) is 5.69 Å². The van der Waals surface area contributed by atoms with Gasteiger partial charge < -0.3 is 5.32 Å². The Morgan fingerprint density at radius 1 is 1.12 bits per heavy atom. The van der Waals surface area contributed by atoms with Gasteiger partial charge in [0.2, 0.25) is 0 Å². The van der Waals surface area contributed by atoms with E-state index in [2.05, 4.69) is 48.4 Å². The Kier molecular flexibility index (Phi) is 3.20. The molecule has 1 heterocycles. The maximum absolute atomic E-state index is 4.02. The van der Waals surface area contributed by atoms with Gasteiger partial charge in [-0.05, 0) is 49.2 Å². The van der Waals surface area contributed by atoms with Crippen molar-refractivity contribution in [2.75, 3.05) is 5.32 Å². The molecule has 1 N–H and O–H groups in total. The average Bonchev–Trinajstić information content (AvgIpc) is 2.30. The summed E-state index contributed by atoms with van der Waals surface area (Å²) in [5.41, 5.74) is 3.67. The molecule has 1 unspecified atom stereocenters. The molecule has 2 aromatic rings. The highest BCUT2D eigenvalue weighted by Gasteiger charge is 2.04. The number of hydrogen-bond acceptors (Lipinski definition) is 2. The first-order chi connectivity index (χ1) is 7.75. The van der Waals surface area contributed by atoms with E-state index < -0.39 is 0 Å². The second kappa shape index (κ2) is 4.79. The van der Waals surface area contributed by atoms with Crippen molar-refractivity contribution in [3.8, 4) is 0 Å². The number of hydrogen-bond donors (Lipinski definition) is 1. The fraction of sp³-hybridized carbons (Fsp3) is 0.214. The van der Waals surface area contributed by atoms with Crippen molar-refractivity contribution in [1.82, 2.24) is 4.98 Å². The Hall–Kier alpha value is -1.83. The summed E-state index contributed by atoms with van der Waals surface area (Å²) in [5.74, 6) is 0. The van der Waals surface area contributed by atoms with Gasteiger partial charge in [-0.1, -0.05) is 12.1 Å². The van der Waals surface area contributed by atoms with Gasteiger partial charge in [-0.15, -0.1) is 0 Å². The number of pyridine rings is 1. The van der Waals surface area contributed by atoms with Crippen LogP contribution in [0.1, 0.15) is 24.1 Å². The number of aromatic nitrogens is 1. The lowest BCUT2D eigenvalue weighted by atomic mass is 10.1. The molecule has 1 aromatic carbocycles. The van der Waals surface area contributed by atoms with Gasteiger partial charge in [0.15, 0.2) is 0 Å². The molecule has 0 saturated heterocycles. The van der Waals surface area contributed by atoms with Crippen LogP contribution in [-0.4, -0.2) is 4.98 Å². The van der Waals surface area contributed by atoms with Gasteiger partial charge in [-0.3, -0.25) is 4.98 Å². The van der Waals surface area contributed by atoms with Gasteiger partial charge >= 0.3 is 0 Å². The van der Waals surface area contributed by atoms with E-state index in [1.165, 1.54) is 11.1 Å². The van der Waals surface area contributed by atoms with E-state index in [1.807, 2.05) is 24.5 Å². The van der Waals surface area contributed by atoms with Gasteiger partial charge in [-0.2, -0.15) is 0 Å². The van der Waals surface area contributed by atoms with E-state index in [-0.39, 0.29) is 0 Å². The molecule has 0 aliphatic carbocycles. The second-order valence-corrected chi connectivity index (χ2v) is 4.02. The predicted molar refractivity (Wildman–Crippen MR) is 67.5 cm³/mol. The highest BCUT2D eigenvalue weighted by molar-refractivity contribution is 5.47. The third-order valence-corrected chi connectivity index (χ3v) is 2.61. The minimum atomic E-state index is 0.296. The Balaban J connectivity index is 2.11. The predicted octanol–water partition coefficient (Wildman–Crippen LogP) is 3.56. The SMILES string of the molecule is Cc1cccc(NC(C)c2ccncc2)c1. The fourth-order valence-corrected chi connectivity index (χ4v) is 1.72. The largest absolute Gasteiger partial charge is 0.379 e. The van der Waals surface area contributed by atoms with Crippen molar-refractivity contribution >= 4 is 5.69 Å². The van der Waals surface area contributed by atoms with Crippen LogP contribution in [0, 0.1) is 6.92 Å². The molecular weight excluding hydrogens is 196 g/mol. The van der Waals surface area contributed by atoms with Crippen LogP contribution in [0.15, 0.2) is 48.8 Å². The number of rotatable bonds is 3. The summed E-state index contributed by atoms with van der Waals surface area (Å²) in [6, 6.07) is 12.8. The minimum Gasteiger partial charge on any atom is -0.379 e. The molecule has 1 aromatic heterocycles. The second-order valence-electron chi connectivity index (χ2n) is 4.02. The maximum atomic E-state index is 4.02. The Morgan fingerprint density at radius 2 is 1.88 bits per heavy atom. The molecule has 0 fully saturated rings. The minimum absolute atomic E-state index is 0.296. The quantitative estimate of drug-likeness (QED) is 0.841. The fourth-order valence-electron chi connectivity index (χ4n) is 1.72. The van der Waals surface area contributed by atoms with Gasteiger partial charge in [-0.25, -0.2) is 0 Å². The number of benzene rings is 1. The number of nitrogens with one attached hydrogen (secondary N) is 1. The third-order valence-electron chi connectivity index (χ3n) is 2.61. The van der Waals surface area contributed by atoms with Crippen molar-refractivity contribution in [1.29, 1.82) is 0 Å². The topological polar surface area (TPSA) is 24.9 Å². The van der Waals surface area contributed by atoms with Gasteiger partial charge in [0.25, 0.3) is 0 Å². The van der Waals surface area contributed by atoms with Crippen LogP contribution in [0.3, 0.4) is 0 Å². The van der Waals surface area contributed by atoms with Gasteiger partial charge in [0.1, 0.15) is 0 Å². The summed E-state index contributed by atoms with van der Waals surface area (Å²) in [5, 5.41) is 3.47. The lowest BCUT2D eigenvalue weighted by molar-refractivity contribution is 0.880. The molecule has 2 rings (SSSR count). The standard InChI is InChI=1S/C14H16N2/c1-11-4-3-5-14(10-11)16-12(2)13-6-8-15-9-7-13/h3-10,12,16H,1-2H3. The maximum Gasteiger partial charge on any atom is 0.0486 e. The normalized spacial score (nSPS) is 12.1. The number of aryl methyl sites for hydroxylation is 1. The van der Waals surface area contributed by atoms with Crippen LogP contribution in [0.25, 0.3) is 0 Å². The lowest BCUT2D eigenvalue weighted by Crippen LogP contribution is -2.06. The van der Waals surface area contributed by atoms with Gasteiger partial charge in [0.05, 0.1) is 0 Å². The van der Waals surface area contributed by atoms with Crippen LogP contribution >= 0.6 is 0 Å². The molecule has 1 atom stereocenters. The zero-order valence-electron chi connectivity index (χ0n) is 9.64. The summed E-state index contributed by atoms with van der Waals surface area (Å²) in [7, 11) is 0. The van der Waals surface area contributed by atoms with Gasteiger partial charge in [0, 0.05) is 24.1 Å². The average molecular weight is 212 g/mol. The van der Waals surface area contributed by atoms with Crippen LogP contribution in [-0.2, 0) is 0 Å². The molecule has 0 bridgehead atoms. The number of nitrogens with zero attached hydrogens (tertiary/aromatic N) is 1. The Morgan fingerprint density at radius 3 is 2.56 bits per heavy atom. The molecule has 0 amide bonds. The van der Waals surface area contributed by atoms with Crippen molar-refractivity contribution in [2.45, 2.75) is 19.9 Å². The first-order valence-corrected chi connectivity index (χ1v) is 5.49. The molecule has 2 nitrogen and oxygen atoms in total. The van der Waals surface area contributed by atoms with Crippen LogP contribution in [0.5, 0.6) is 0 Å². The summed E-state index contributed by atoms with van der Waals surface area (Å²) >= 11 is 0. The van der Waals surface area contributed by atoms with Crippen molar-refractivity contribution < 1.29 is 0 Å². The monoisotopic (exact) mass is 212 g/mol. The van der Waals surface area contributed by atoms with E-state index >= 15 is 0 Å². The summed E-state index contributed by atoms with van der Waals surface area (Å²) in [6.45, 7) is 4.25. The van der Waals surface area contributed by atoms with Crippen molar-refractivity contribution in [3.63, 3.8) is 0 Å². The Bertz CT molecular complexity index is 451. The molecule has 0 aliphatic heterocycles. The first-order valence-electron chi connectivity index (χ1n) is 5.49. The highest BCUT2D eigenvalue weighted by Crippen LogP contribution is 2.18. The molecule has 0 saturated carbocycles. The van der Waals surface area contributed by atoms with Crippen LogP contribution in [0.2, 0.25) is 0 Å². The van der Waals surface area contributed by atoms with E-state index in [1.54, 1.807) is 0 Å². The van der Waals surface area contributed by atoms with E-state index in [0.29, 0.717) is 6.04 Å². The smallest absolute Gasteiger partial charge is 0.0486 e. The van der Waals surface area contributed by atoms with E-state index in [9.17, 15) is 0 Å². The summed E-state index contributed by atoms with van der Waals surface area (Å²) < 4.78 is 0. The zero-order chi connectivity index (χ0) is 11.4. The lowest BCUT2D eigenvalue weighted by Gasteiger charge is -2.15. The molecule has 82 valence electrons. The molecule has 16 heavy (non-hydrogen) atoms. The summed E-state index contributed by atoms with van der Waals surface area (Å²) in [6.07, 6.45) is 3.65. The van der Waals surface area contributed by atoms with E-state index in [0.717, 1.165) is 5.69 Å². The Labute approximate surface area is 96.4 Å². The molecule has 2 heteroatoms. The molecule has 0 spiro atoms. The first kappa shape index (κ1) is 10.7. The number of anilines is 1. The van der Waals surface area contributed by atoms with Crippen LogP contribution < -0.4 is 5.32 Å². The molecule has 0 radical (unpaired) electrons. The zero-order valence-corrected chi connectivity index (χ0v) is 9.64. The summed E-state index contributed by atoms with van der Waals surface area (Å²) in [4.78, 5) is 4.02. The third kappa shape index (κ3) is 2.60. The molecular formula is C14H16N2. The van der Waals surface area contributed by atoms with Crippen molar-refractivity contribution in [3.05, 3.63) is 59.9 Å². The van der Waals surface area contributed by atoms with E-state index in [4.69, 9.17) is 0 Å². The van der Waals surface area contributed by atoms with Crippen molar-refractivity contribution in [2.24, 2.45) is 0 Å². The highest BCUT2D eigenvalue weighted by atomic mass is 14.9.